The number of nitrogens with two attached hydrogens (primary N) is 10. The van der Waals surface area contributed by atoms with Crippen LogP contribution < -0.4 is 85.8 Å². The van der Waals surface area contributed by atoms with Crippen LogP contribution in [0.15, 0.2) is 164 Å². The number of methoxy groups -OCH3 is 6. The fraction of sp³-hybridized carbons (Fsp3) is 0.211. The molecule has 0 radical (unpaired) electrons. The molecule has 0 heterocycles. The Balaban J connectivity index is -0.00000107. The first kappa shape index (κ1) is 95.6. The van der Waals surface area contributed by atoms with Crippen LogP contribution in [-0.4, -0.2) is 42.7 Å². The summed E-state index contributed by atoms with van der Waals surface area (Å²) in [6, 6.07) is 43.6. The zero-order valence-corrected chi connectivity index (χ0v) is 59.4. The third-order valence-corrected chi connectivity index (χ3v) is 13.8. The minimum absolute atomic E-state index is 0. The molecule has 10 rings (SSSR count). The minimum atomic E-state index is -0.804. The van der Waals surface area contributed by atoms with E-state index in [4.69, 9.17) is 106 Å². The lowest BCUT2D eigenvalue weighted by Gasteiger charge is -2.05. The van der Waals surface area contributed by atoms with E-state index < -0.39 is 46.3 Å². The summed E-state index contributed by atoms with van der Waals surface area (Å²) in [4.78, 5) is 0. The van der Waals surface area contributed by atoms with E-state index in [0.29, 0.717) is 43.6 Å². The maximum absolute atomic E-state index is 12.7. The molecule has 0 spiro atoms. The van der Waals surface area contributed by atoms with Crippen molar-refractivity contribution < 1.29 is 59.2 Å². The Hall–Kier alpha value is -10.6. The Morgan fingerprint density at radius 1 is 0.255 bits per heavy atom. The van der Waals surface area contributed by atoms with Crippen molar-refractivity contribution in [1.82, 2.24) is 0 Å². The molecular formula is C76H98Cl3F7N10O6. The Morgan fingerprint density at radius 2 is 0.608 bits per heavy atom. The highest BCUT2D eigenvalue weighted by Crippen LogP contribution is 2.35. The fourth-order valence-corrected chi connectivity index (χ4v) is 8.13. The van der Waals surface area contributed by atoms with Gasteiger partial charge in [-0.3, -0.25) is 0 Å². The van der Waals surface area contributed by atoms with Crippen LogP contribution in [0.3, 0.4) is 0 Å². The number of benzene rings is 10. The first-order chi connectivity index (χ1) is 46.4. The number of aryl methyl sites for hydroxylation is 7. The van der Waals surface area contributed by atoms with Crippen LogP contribution >= 0.6 is 34.8 Å². The van der Waals surface area contributed by atoms with Gasteiger partial charge in [0.15, 0.2) is 46.3 Å². The van der Waals surface area contributed by atoms with E-state index in [2.05, 4.69) is 41.9 Å². The van der Waals surface area contributed by atoms with Gasteiger partial charge in [-0.2, -0.15) is 0 Å². The number of nitrogen functional groups attached to an aromatic ring is 10. The molecule has 26 heteroatoms. The lowest BCUT2D eigenvalue weighted by atomic mass is 10.1. The van der Waals surface area contributed by atoms with Gasteiger partial charge in [0.1, 0.15) is 34.6 Å². The number of rotatable bonds is 6. The predicted octanol–water partition coefficient (Wildman–Crippen LogP) is 19.7. The molecule has 0 unspecified atom stereocenters. The molecule has 0 atom stereocenters. The van der Waals surface area contributed by atoms with Gasteiger partial charge in [-0.15, -0.1) is 0 Å². The van der Waals surface area contributed by atoms with Crippen LogP contribution in [0, 0.1) is 89.2 Å². The SMILES string of the molecule is C.C.C.COc1c(Cl)cc(N)cc1Cl.COc1c(F)cc(N)cc1F.COc1cc(F)c(N)c(F)c1.COc1ccc(N)c(F)c1.COc1ccc(N)cc1C.COc1ccc(N)cc1F.Cc1ccc(N)c(Cl)c1.Cc1ccc(N)c(F)c1.Cc1ccc(N)cc1C.Cc1ccc(N)cc1C. The molecule has 558 valence electrons. The number of ether oxygens (including phenoxy) is 6. The molecule has 0 aliphatic rings. The smallest absolute Gasteiger partial charge is 0.190 e. The predicted molar refractivity (Wildman–Crippen MR) is 416 cm³/mol. The van der Waals surface area contributed by atoms with Gasteiger partial charge in [-0.05, 0) is 191 Å². The average molecular weight is 1490 g/mol. The molecular weight excluding hydrogens is 1390 g/mol. The van der Waals surface area contributed by atoms with E-state index in [1.54, 1.807) is 49.6 Å². The zero-order valence-electron chi connectivity index (χ0n) is 57.1. The highest BCUT2D eigenvalue weighted by molar-refractivity contribution is 6.37. The van der Waals surface area contributed by atoms with Gasteiger partial charge in [-0.25, -0.2) is 30.7 Å². The highest BCUT2D eigenvalue weighted by atomic mass is 35.5. The van der Waals surface area contributed by atoms with Crippen LogP contribution in [-0.2, 0) is 0 Å². The Kier molecular flexibility index (Phi) is 45.9. The number of anilines is 10. The fourth-order valence-electron chi connectivity index (χ4n) is 7.24. The van der Waals surface area contributed by atoms with Crippen LogP contribution in [0.4, 0.5) is 87.6 Å². The molecule has 0 saturated heterocycles. The lowest BCUT2D eigenvalue weighted by Crippen LogP contribution is -1.96. The molecule has 0 amide bonds. The van der Waals surface area contributed by atoms with Crippen LogP contribution in [0.1, 0.15) is 61.2 Å². The molecule has 0 bridgehead atoms. The second-order valence-corrected chi connectivity index (χ2v) is 22.0. The Morgan fingerprint density at radius 3 is 0.951 bits per heavy atom. The maximum atomic E-state index is 12.7. The van der Waals surface area contributed by atoms with Crippen molar-refractivity contribution in [3.8, 4) is 34.5 Å². The normalized spacial score (nSPS) is 9.28. The second-order valence-electron chi connectivity index (χ2n) is 20.8. The Labute approximate surface area is 611 Å². The molecule has 0 aliphatic heterocycles. The van der Waals surface area contributed by atoms with Gasteiger partial charge in [0.2, 0.25) is 0 Å². The summed E-state index contributed by atoms with van der Waals surface area (Å²) < 4.78 is 117. The van der Waals surface area contributed by atoms with Gasteiger partial charge in [-0.1, -0.05) is 81.3 Å². The van der Waals surface area contributed by atoms with Crippen LogP contribution in [0.5, 0.6) is 34.5 Å². The van der Waals surface area contributed by atoms with E-state index in [-0.39, 0.29) is 56.7 Å². The minimum Gasteiger partial charge on any atom is -0.497 e. The third-order valence-electron chi connectivity index (χ3n) is 12.9. The first-order valence-electron chi connectivity index (χ1n) is 29.1. The summed E-state index contributed by atoms with van der Waals surface area (Å²) in [6.07, 6.45) is 0. The average Bonchev–Trinajstić information content (AvgIpc) is 0.870. The van der Waals surface area contributed by atoms with Gasteiger partial charge in [0.25, 0.3) is 0 Å². The van der Waals surface area contributed by atoms with Crippen molar-refractivity contribution in [3.05, 3.63) is 259 Å². The summed E-state index contributed by atoms with van der Waals surface area (Å²) in [7, 11) is 8.56. The van der Waals surface area contributed by atoms with Crippen molar-refractivity contribution in [2.24, 2.45) is 0 Å². The standard InChI is InChI=1S/C8H11NO.2C8H11N.C7H7Cl2NO.C7H8ClN.2C7H7F2NO.2C7H8FNO.C7H8FN.3CH4/c1-6-5-7(9)3-4-8(6)10-2;2*1-6-3-4-8(9)5-7(6)2;1-11-7-5(8)2-4(10)3-6(7)9;1-5-2-3-7(9)6(8)4-5;1-11-4-2-5(8)7(10)6(9)3-4;1-11-7-5(8)2-4(10)3-6(7)9;1-10-5-2-3-7(9)6(8)4-5;1-10-7-3-2-5(9)4-6(7)8;1-5-2-3-7(9)6(8)4-5;;;/h3-5H,9H2,1-2H3;2*3-5H,9H2,1-2H3;2-3H,10H2,1H3;2-4H,9H2,1H3;2*2-3H,10H2,1H3;2*2-4H,9H2,1H3;2-4H,9H2,1H3;3*1H4. The van der Waals surface area contributed by atoms with Crippen LogP contribution in [0.2, 0.25) is 15.1 Å². The lowest BCUT2D eigenvalue weighted by molar-refractivity contribution is 0.360. The van der Waals surface area contributed by atoms with Crippen molar-refractivity contribution >= 4 is 91.7 Å². The van der Waals surface area contributed by atoms with E-state index in [1.165, 1.54) is 88.1 Å². The molecule has 0 saturated carbocycles. The van der Waals surface area contributed by atoms with Gasteiger partial charge < -0.3 is 85.8 Å². The van der Waals surface area contributed by atoms with Crippen molar-refractivity contribution in [1.29, 1.82) is 0 Å². The van der Waals surface area contributed by atoms with Gasteiger partial charge >= 0.3 is 0 Å². The zero-order chi connectivity index (χ0) is 75.4. The molecule has 0 fully saturated rings. The molecule has 10 aromatic carbocycles. The van der Waals surface area contributed by atoms with E-state index in [1.807, 2.05) is 87.5 Å². The molecule has 0 aromatic heterocycles. The van der Waals surface area contributed by atoms with Crippen molar-refractivity contribution in [3.63, 3.8) is 0 Å². The summed E-state index contributed by atoms with van der Waals surface area (Å²) in [6.45, 7) is 14.0. The van der Waals surface area contributed by atoms with Crippen LogP contribution in [0.25, 0.3) is 0 Å². The summed E-state index contributed by atoms with van der Waals surface area (Å²) in [5, 5.41) is 1.49. The number of hydrogen-bond acceptors (Lipinski definition) is 16. The molecule has 20 N–H and O–H groups in total. The highest BCUT2D eigenvalue weighted by Gasteiger charge is 2.11. The van der Waals surface area contributed by atoms with Gasteiger partial charge in [0.05, 0.1) is 74.8 Å². The quantitative estimate of drug-likeness (QED) is 0.0546. The molecule has 10 aromatic rings. The van der Waals surface area contributed by atoms with Crippen molar-refractivity contribution in [2.45, 2.75) is 70.7 Å². The maximum Gasteiger partial charge on any atom is 0.190 e. The van der Waals surface area contributed by atoms with Gasteiger partial charge in [0, 0.05) is 70.5 Å². The second kappa shape index (κ2) is 49.0. The van der Waals surface area contributed by atoms with E-state index in [0.717, 1.165) is 63.8 Å². The van der Waals surface area contributed by atoms with E-state index in [9.17, 15) is 30.7 Å². The van der Waals surface area contributed by atoms with Crippen molar-refractivity contribution in [2.75, 3.05) is 100.0 Å². The summed E-state index contributed by atoms with van der Waals surface area (Å²) >= 11 is 17.2. The Bertz CT molecular complexity index is 3790. The third kappa shape index (κ3) is 35.4. The first-order valence-corrected chi connectivity index (χ1v) is 30.2. The monoisotopic (exact) mass is 1480 g/mol. The molecule has 16 nitrogen and oxygen atoms in total. The van der Waals surface area contributed by atoms with E-state index >= 15 is 0 Å². The number of halogens is 10. The molecule has 102 heavy (non-hydrogen) atoms. The number of hydrogen-bond donors (Lipinski definition) is 10. The summed E-state index contributed by atoms with van der Waals surface area (Å²) in [5.74, 6) is -2.64. The summed E-state index contributed by atoms with van der Waals surface area (Å²) in [5.41, 5.74) is 65.5. The molecule has 0 aliphatic carbocycles. The topological polar surface area (TPSA) is 316 Å². The largest absolute Gasteiger partial charge is 0.497 e.